The topological polar surface area (TPSA) is 80.2 Å². The molecule has 0 radical (unpaired) electrons. The molecule has 0 saturated carbocycles. The minimum Gasteiger partial charge on any atom is -0.462 e. The van der Waals surface area contributed by atoms with Crippen molar-refractivity contribution in [3.8, 4) is 11.4 Å². The number of ether oxygens (including phenoxy) is 1. The summed E-state index contributed by atoms with van der Waals surface area (Å²) < 4.78 is 5.13. The molecule has 0 bridgehead atoms. The molecule has 0 aliphatic rings. The Morgan fingerprint density at radius 3 is 2.70 bits per heavy atom. The Morgan fingerprint density at radius 2 is 2.00 bits per heavy atom. The molecular weight excluding hydrogens is 362 g/mol. The maximum Gasteiger partial charge on any atom is 0.343 e. The molecule has 0 saturated heterocycles. The molecule has 1 N–H and O–H groups in total. The number of carbonyl (C=O) groups excluding carboxylic acids is 1. The zero-order chi connectivity index (χ0) is 19.2. The number of thiazole rings is 1. The predicted molar refractivity (Wildman–Crippen MR) is 106 cm³/mol. The highest BCUT2D eigenvalue weighted by molar-refractivity contribution is 7.13. The van der Waals surface area contributed by atoms with E-state index in [0.29, 0.717) is 16.8 Å². The van der Waals surface area contributed by atoms with Crippen LogP contribution < -0.4 is 5.32 Å². The van der Waals surface area contributed by atoms with E-state index in [2.05, 4.69) is 20.3 Å². The molecule has 7 nitrogen and oxygen atoms in total. The first-order chi connectivity index (χ1) is 13.1. The second-order valence-electron chi connectivity index (χ2n) is 6.05. The summed E-state index contributed by atoms with van der Waals surface area (Å²) in [6.45, 7) is 2.78. The van der Waals surface area contributed by atoms with Crippen LogP contribution >= 0.6 is 11.3 Å². The van der Waals surface area contributed by atoms with Crippen molar-refractivity contribution in [2.45, 2.75) is 13.5 Å². The molecule has 2 aromatic heterocycles. The smallest absolute Gasteiger partial charge is 0.343 e. The van der Waals surface area contributed by atoms with Gasteiger partial charge >= 0.3 is 5.97 Å². The molecule has 0 atom stereocenters. The van der Waals surface area contributed by atoms with E-state index in [9.17, 15) is 4.79 Å². The molecule has 27 heavy (non-hydrogen) atoms. The predicted octanol–water partition coefficient (Wildman–Crippen LogP) is 3.58. The third-order valence-electron chi connectivity index (χ3n) is 3.57. The van der Waals surface area contributed by atoms with E-state index in [1.807, 2.05) is 54.7 Å². The first kappa shape index (κ1) is 18.9. The summed E-state index contributed by atoms with van der Waals surface area (Å²) in [5, 5.41) is 5.79. The molecule has 0 aliphatic carbocycles. The van der Waals surface area contributed by atoms with Crippen molar-refractivity contribution >= 4 is 28.3 Å². The Morgan fingerprint density at radius 1 is 1.22 bits per heavy atom. The van der Waals surface area contributed by atoms with E-state index in [-0.39, 0.29) is 12.2 Å². The number of esters is 1. The van der Waals surface area contributed by atoms with Gasteiger partial charge in [-0.3, -0.25) is 0 Å². The van der Waals surface area contributed by atoms with Crippen LogP contribution in [0, 0.1) is 0 Å². The Labute approximate surface area is 162 Å². The van der Waals surface area contributed by atoms with Crippen LogP contribution in [0.5, 0.6) is 0 Å². The third kappa shape index (κ3) is 4.87. The van der Waals surface area contributed by atoms with Crippen LogP contribution in [0.15, 0.2) is 41.9 Å². The van der Waals surface area contributed by atoms with Crippen molar-refractivity contribution in [2.24, 2.45) is 0 Å². The number of aromatic nitrogens is 3. The summed E-state index contributed by atoms with van der Waals surface area (Å²) in [5.74, 6) is 0.439. The average molecular weight is 383 g/mol. The first-order valence-electron chi connectivity index (χ1n) is 8.52. The van der Waals surface area contributed by atoms with Gasteiger partial charge in [-0.15, -0.1) is 11.3 Å². The SMILES string of the molecule is CCOC(=O)c1cnc(-c2ccccc2)nc1Nc1nc(CN(C)C)cs1. The van der Waals surface area contributed by atoms with Crippen LogP contribution in [0.3, 0.4) is 0 Å². The second-order valence-corrected chi connectivity index (χ2v) is 6.91. The van der Waals surface area contributed by atoms with Crippen LogP contribution in [0.2, 0.25) is 0 Å². The Kier molecular flexibility index (Phi) is 6.10. The maximum atomic E-state index is 12.3. The van der Waals surface area contributed by atoms with Gasteiger partial charge in [-0.1, -0.05) is 30.3 Å². The number of rotatable bonds is 7. The highest BCUT2D eigenvalue weighted by Crippen LogP contribution is 2.25. The van der Waals surface area contributed by atoms with E-state index in [1.165, 1.54) is 17.5 Å². The summed E-state index contributed by atoms with van der Waals surface area (Å²) in [4.78, 5) is 27.7. The average Bonchev–Trinajstić information content (AvgIpc) is 3.08. The number of benzene rings is 1. The van der Waals surface area contributed by atoms with Gasteiger partial charge in [0.25, 0.3) is 0 Å². The lowest BCUT2D eigenvalue weighted by Crippen LogP contribution is -2.12. The number of nitrogens with one attached hydrogen (secondary N) is 1. The summed E-state index contributed by atoms with van der Waals surface area (Å²) in [6.07, 6.45) is 1.49. The van der Waals surface area contributed by atoms with E-state index >= 15 is 0 Å². The zero-order valence-electron chi connectivity index (χ0n) is 15.5. The van der Waals surface area contributed by atoms with E-state index in [1.54, 1.807) is 6.92 Å². The van der Waals surface area contributed by atoms with Crippen LogP contribution in [-0.4, -0.2) is 46.5 Å². The molecule has 2 heterocycles. The van der Waals surface area contributed by atoms with Crippen LogP contribution in [0.1, 0.15) is 23.0 Å². The van der Waals surface area contributed by atoms with Crippen molar-refractivity contribution in [2.75, 3.05) is 26.0 Å². The van der Waals surface area contributed by atoms with E-state index in [0.717, 1.165) is 17.8 Å². The lowest BCUT2D eigenvalue weighted by atomic mass is 10.2. The highest BCUT2D eigenvalue weighted by atomic mass is 32.1. The van der Waals surface area contributed by atoms with Gasteiger partial charge in [-0.05, 0) is 21.0 Å². The van der Waals surface area contributed by atoms with Crippen molar-refractivity contribution in [3.63, 3.8) is 0 Å². The lowest BCUT2D eigenvalue weighted by molar-refractivity contribution is 0.0526. The minimum absolute atomic E-state index is 0.279. The second kappa shape index (κ2) is 8.70. The Bertz CT molecular complexity index is 911. The summed E-state index contributed by atoms with van der Waals surface area (Å²) >= 11 is 1.46. The number of hydrogen-bond acceptors (Lipinski definition) is 8. The van der Waals surface area contributed by atoms with Crippen molar-refractivity contribution in [1.29, 1.82) is 0 Å². The molecule has 0 aliphatic heterocycles. The summed E-state index contributed by atoms with van der Waals surface area (Å²) in [7, 11) is 3.98. The van der Waals surface area contributed by atoms with Gasteiger partial charge in [-0.25, -0.2) is 19.7 Å². The fraction of sp³-hybridized carbons (Fsp3) is 0.263. The molecule has 8 heteroatoms. The van der Waals surface area contributed by atoms with Gasteiger partial charge in [-0.2, -0.15) is 0 Å². The number of carbonyl (C=O) groups is 1. The Balaban J connectivity index is 1.94. The summed E-state index contributed by atoms with van der Waals surface area (Å²) in [5.41, 5.74) is 2.09. The molecular formula is C19H21N5O2S. The number of hydrogen-bond donors (Lipinski definition) is 1. The molecule has 0 unspecified atom stereocenters. The van der Waals surface area contributed by atoms with Gasteiger partial charge in [0.2, 0.25) is 0 Å². The lowest BCUT2D eigenvalue weighted by Gasteiger charge is -2.10. The number of nitrogens with zero attached hydrogens (tertiary/aromatic N) is 4. The van der Waals surface area contributed by atoms with E-state index in [4.69, 9.17) is 4.74 Å². The molecule has 1 aromatic carbocycles. The quantitative estimate of drug-likeness (QED) is 0.625. The van der Waals surface area contributed by atoms with Gasteiger partial charge in [0, 0.05) is 23.7 Å². The normalized spacial score (nSPS) is 10.8. The van der Waals surface area contributed by atoms with E-state index < -0.39 is 5.97 Å². The van der Waals surface area contributed by atoms with Gasteiger partial charge in [0.15, 0.2) is 16.8 Å². The zero-order valence-corrected chi connectivity index (χ0v) is 16.3. The monoisotopic (exact) mass is 383 g/mol. The number of anilines is 2. The van der Waals surface area contributed by atoms with Crippen molar-refractivity contribution in [3.05, 3.63) is 53.2 Å². The van der Waals surface area contributed by atoms with Gasteiger partial charge < -0.3 is 15.0 Å². The molecule has 3 rings (SSSR count). The molecule has 0 fully saturated rings. The fourth-order valence-electron chi connectivity index (χ4n) is 2.42. The van der Waals surface area contributed by atoms with Gasteiger partial charge in [0.05, 0.1) is 12.3 Å². The van der Waals surface area contributed by atoms with Crippen LogP contribution in [0.25, 0.3) is 11.4 Å². The van der Waals surface area contributed by atoms with Crippen molar-refractivity contribution < 1.29 is 9.53 Å². The largest absolute Gasteiger partial charge is 0.462 e. The van der Waals surface area contributed by atoms with Crippen molar-refractivity contribution in [1.82, 2.24) is 19.9 Å². The molecule has 3 aromatic rings. The standard InChI is InChI=1S/C19H21N5O2S/c1-4-26-18(25)15-10-20-16(13-8-6-5-7-9-13)22-17(15)23-19-21-14(12-27-19)11-24(2)3/h5-10,12H,4,11H2,1-3H3,(H,20,21,22,23). The maximum absolute atomic E-state index is 12.3. The molecule has 0 spiro atoms. The molecule has 140 valence electrons. The molecule has 0 amide bonds. The minimum atomic E-state index is -0.468. The van der Waals surface area contributed by atoms with Gasteiger partial charge in [0.1, 0.15) is 5.56 Å². The Hall–Kier alpha value is -2.84. The third-order valence-corrected chi connectivity index (χ3v) is 4.38. The first-order valence-corrected chi connectivity index (χ1v) is 9.40. The fourth-order valence-corrected chi connectivity index (χ4v) is 3.12. The van der Waals surface area contributed by atoms with Crippen LogP contribution in [-0.2, 0) is 11.3 Å². The highest BCUT2D eigenvalue weighted by Gasteiger charge is 2.18. The van der Waals surface area contributed by atoms with Crippen LogP contribution in [0.4, 0.5) is 10.9 Å². The summed E-state index contributed by atoms with van der Waals surface area (Å²) in [6, 6.07) is 9.60.